The van der Waals surface area contributed by atoms with E-state index in [-0.39, 0.29) is 5.75 Å². The van der Waals surface area contributed by atoms with Gasteiger partial charge >= 0.3 is 6.36 Å². The number of hydrogen-bond acceptors (Lipinski definition) is 5. The van der Waals surface area contributed by atoms with E-state index in [4.69, 9.17) is 0 Å². The fraction of sp³-hybridized carbons (Fsp3) is 0.0625. The Balaban J connectivity index is 1.75. The fourth-order valence-corrected chi connectivity index (χ4v) is 1.99. The first-order valence-electron chi connectivity index (χ1n) is 6.85. The second kappa shape index (κ2) is 6.53. The number of rotatable bonds is 4. The fourth-order valence-electron chi connectivity index (χ4n) is 1.99. The molecule has 0 aliphatic carbocycles. The molecule has 5 nitrogen and oxygen atoms in total. The van der Waals surface area contributed by atoms with E-state index in [1.807, 2.05) is 12.1 Å². The molecule has 0 spiro atoms. The summed E-state index contributed by atoms with van der Waals surface area (Å²) in [6.07, 6.45) is 0.00804. The van der Waals surface area contributed by atoms with Crippen molar-refractivity contribution in [3.63, 3.8) is 0 Å². The third-order valence-electron chi connectivity index (χ3n) is 3.00. The van der Waals surface area contributed by atoms with Crippen LogP contribution in [0.4, 0.5) is 24.7 Å². The van der Waals surface area contributed by atoms with Crippen molar-refractivity contribution in [2.24, 2.45) is 0 Å². The molecule has 122 valence electrons. The number of alkyl halides is 3. The van der Waals surface area contributed by atoms with Crippen LogP contribution in [0.2, 0.25) is 0 Å². The maximum absolute atomic E-state index is 12.1. The van der Waals surface area contributed by atoms with Crippen molar-refractivity contribution in [3.8, 4) is 17.0 Å². The molecule has 0 radical (unpaired) electrons. The van der Waals surface area contributed by atoms with Gasteiger partial charge in [0.1, 0.15) is 17.9 Å². The summed E-state index contributed by atoms with van der Waals surface area (Å²) >= 11 is 0. The summed E-state index contributed by atoms with van der Waals surface area (Å²) in [4.78, 5) is 12.2. The largest absolute Gasteiger partial charge is 0.573 e. The summed E-state index contributed by atoms with van der Waals surface area (Å²) < 4.78 is 40.2. The average molecular weight is 332 g/mol. The molecule has 3 aromatic rings. The summed E-state index contributed by atoms with van der Waals surface area (Å²) in [5, 5.41) is 3.00. The Hall–Kier alpha value is -3.16. The van der Waals surface area contributed by atoms with Crippen molar-refractivity contribution in [1.29, 1.82) is 0 Å². The molecule has 0 aliphatic rings. The maximum atomic E-state index is 12.1. The Labute approximate surface area is 135 Å². The smallest absolute Gasteiger partial charge is 0.406 e. The van der Waals surface area contributed by atoms with Crippen molar-refractivity contribution >= 4 is 11.5 Å². The Morgan fingerprint density at radius 2 is 1.62 bits per heavy atom. The number of anilines is 2. The van der Waals surface area contributed by atoms with Crippen LogP contribution in [0.1, 0.15) is 0 Å². The zero-order valence-corrected chi connectivity index (χ0v) is 12.2. The molecule has 0 bridgehead atoms. The molecule has 24 heavy (non-hydrogen) atoms. The third kappa shape index (κ3) is 4.19. The number of ether oxygens (including phenoxy) is 1. The van der Waals surface area contributed by atoms with Gasteiger partial charge in [0.25, 0.3) is 0 Å². The number of pyridine rings is 1. The van der Waals surface area contributed by atoms with E-state index in [1.54, 1.807) is 18.5 Å². The minimum absolute atomic E-state index is 0.284. The van der Waals surface area contributed by atoms with E-state index in [1.165, 1.54) is 30.6 Å². The predicted molar refractivity (Wildman–Crippen MR) is 81.7 cm³/mol. The first-order valence-corrected chi connectivity index (χ1v) is 6.85. The molecule has 1 aromatic carbocycles. The number of nitrogens with zero attached hydrogens (tertiary/aromatic N) is 3. The quantitative estimate of drug-likeness (QED) is 0.776. The lowest BCUT2D eigenvalue weighted by Gasteiger charge is -2.10. The molecule has 0 fully saturated rings. The molecular formula is C16H11F3N4O. The Morgan fingerprint density at radius 3 is 2.29 bits per heavy atom. The molecule has 0 amide bonds. The van der Waals surface area contributed by atoms with Crippen LogP contribution in [0.15, 0.2) is 61.2 Å². The highest BCUT2D eigenvalue weighted by Gasteiger charge is 2.30. The van der Waals surface area contributed by atoms with E-state index in [0.717, 1.165) is 5.56 Å². The van der Waals surface area contributed by atoms with Crippen LogP contribution in [0.3, 0.4) is 0 Å². The molecule has 3 rings (SSSR count). The maximum Gasteiger partial charge on any atom is 0.573 e. The van der Waals surface area contributed by atoms with Crippen LogP contribution in [0, 0.1) is 0 Å². The van der Waals surface area contributed by atoms with Crippen LogP contribution in [0.5, 0.6) is 5.75 Å². The molecule has 8 heteroatoms. The van der Waals surface area contributed by atoms with Gasteiger partial charge in [0.05, 0.1) is 5.69 Å². The molecule has 0 saturated heterocycles. The molecule has 1 N–H and O–H groups in total. The van der Waals surface area contributed by atoms with Gasteiger partial charge < -0.3 is 10.1 Å². The lowest BCUT2D eigenvalue weighted by atomic mass is 10.2. The van der Waals surface area contributed by atoms with Gasteiger partial charge in [-0.25, -0.2) is 9.97 Å². The average Bonchev–Trinajstić information content (AvgIpc) is 2.56. The van der Waals surface area contributed by atoms with Gasteiger partial charge in [0.15, 0.2) is 0 Å². The lowest BCUT2D eigenvalue weighted by Crippen LogP contribution is -2.16. The molecule has 0 aliphatic heterocycles. The molecule has 0 saturated carbocycles. The first kappa shape index (κ1) is 15.7. The van der Waals surface area contributed by atoms with E-state index in [0.29, 0.717) is 17.2 Å². The first-order chi connectivity index (χ1) is 11.5. The van der Waals surface area contributed by atoms with Crippen LogP contribution >= 0.6 is 0 Å². The monoisotopic (exact) mass is 332 g/mol. The van der Waals surface area contributed by atoms with Crippen molar-refractivity contribution in [3.05, 3.63) is 61.2 Å². The summed E-state index contributed by atoms with van der Waals surface area (Å²) in [7, 11) is 0. The second-order valence-corrected chi connectivity index (χ2v) is 4.72. The van der Waals surface area contributed by atoms with Gasteiger partial charge in [0.2, 0.25) is 0 Å². The number of aromatic nitrogens is 3. The Bertz CT molecular complexity index is 808. The van der Waals surface area contributed by atoms with Gasteiger partial charge in [0, 0.05) is 29.7 Å². The number of nitrogens with one attached hydrogen (secondary N) is 1. The van der Waals surface area contributed by atoms with Gasteiger partial charge in [-0.1, -0.05) is 0 Å². The van der Waals surface area contributed by atoms with Gasteiger partial charge in [-0.05, 0) is 36.4 Å². The van der Waals surface area contributed by atoms with Gasteiger partial charge in [-0.3, -0.25) is 4.98 Å². The highest BCUT2D eigenvalue weighted by atomic mass is 19.4. The van der Waals surface area contributed by atoms with Crippen LogP contribution in [0.25, 0.3) is 11.3 Å². The summed E-state index contributed by atoms with van der Waals surface area (Å²) in [5.41, 5.74) is 2.15. The second-order valence-electron chi connectivity index (χ2n) is 4.72. The van der Waals surface area contributed by atoms with Gasteiger partial charge in [-0.2, -0.15) is 0 Å². The molecule has 2 heterocycles. The van der Waals surface area contributed by atoms with Gasteiger partial charge in [-0.15, -0.1) is 13.2 Å². The van der Waals surface area contributed by atoms with Crippen LogP contribution < -0.4 is 10.1 Å². The van der Waals surface area contributed by atoms with Crippen molar-refractivity contribution in [1.82, 2.24) is 15.0 Å². The predicted octanol–water partition coefficient (Wildman–Crippen LogP) is 4.18. The zero-order chi connectivity index (χ0) is 17.0. The highest BCUT2D eigenvalue weighted by molar-refractivity contribution is 5.65. The van der Waals surface area contributed by atoms with Crippen molar-refractivity contribution < 1.29 is 17.9 Å². The van der Waals surface area contributed by atoms with E-state index < -0.39 is 6.36 Å². The third-order valence-corrected chi connectivity index (χ3v) is 3.00. The minimum Gasteiger partial charge on any atom is -0.406 e. The SMILES string of the molecule is FC(F)(F)Oc1ccc(Nc2cc(-c3ccncc3)ncn2)cc1. The van der Waals surface area contributed by atoms with Crippen LogP contribution in [-0.2, 0) is 0 Å². The number of halogens is 3. The molecule has 2 aromatic heterocycles. The standard InChI is InChI=1S/C16H11F3N4O/c17-16(18,19)24-13-3-1-12(2-4-13)23-15-9-14(21-10-22-15)11-5-7-20-8-6-11/h1-10H,(H,21,22,23). The normalized spacial score (nSPS) is 11.1. The molecule has 0 unspecified atom stereocenters. The summed E-state index contributed by atoms with van der Waals surface area (Å²) in [6, 6.07) is 10.7. The number of hydrogen-bond donors (Lipinski definition) is 1. The topological polar surface area (TPSA) is 59.9 Å². The van der Waals surface area contributed by atoms with E-state index in [2.05, 4.69) is 25.0 Å². The highest BCUT2D eigenvalue weighted by Crippen LogP contribution is 2.25. The zero-order valence-electron chi connectivity index (χ0n) is 12.2. The molecule has 0 atom stereocenters. The lowest BCUT2D eigenvalue weighted by molar-refractivity contribution is -0.274. The van der Waals surface area contributed by atoms with Crippen LogP contribution in [-0.4, -0.2) is 21.3 Å². The Kier molecular flexibility index (Phi) is 4.28. The van der Waals surface area contributed by atoms with Crippen molar-refractivity contribution in [2.45, 2.75) is 6.36 Å². The minimum atomic E-state index is -4.71. The molecular weight excluding hydrogens is 321 g/mol. The van der Waals surface area contributed by atoms with Crippen molar-refractivity contribution in [2.75, 3.05) is 5.32 Å². The number of benzene rings is 1. The summed E-state index contributed by atoms with van der Waals surface area (Å²) in [5.74, 6) is 0.231. The van der Waals surface area contributed by atoms with E-state index in [9.17, 15) is 13.2 Å². The summed E-state index contributed by atoms with van der Waals surface area (Å²) in [6.45, 7) is 0. The Morgan fingerprint density at radius 1 is 0.917 bits per heavy atom. The van der Waals surface area contributed by atoms with E-state index >= 15 is 0 Å².